The Bertz CT molecular complexity index is 751. The van der Waals surface area contributed by atoms with Crippen LogP contribution in [0.3, 0.4) is 0 Å². The molecule has 0 spiro atoms. The Kier molecular flexibility index (Phi) is 8.58. The third kappa shape index (κ3) is 7.46. The van der Waals surface area contributed by atoms with Crippen molar-refractivity contribution in [1.29, 1.82) is 0 Å². The number of carboxylic acid groups (broad SMARTS) is 1. The van der Waals surface area contributed by atoms with E-state index in [1.165, 1.54) is 0 Å². The zero-order chi connectivity index (χ0) is 20.4. The van der Waals surface area contributed by atoms with E-state index in [2.05, 4.69) is 25.3 Å². The van der Waals surface area contributed by atoms with Crippen LogP contribution in [0.2, 0.25) is 0 Å². The van der Waals surface area contributed by atoms with E-state index in [0.29, 0.717) is 11.8 Å². The van der Waals surface area contributed by atoms with Crippen molar-refractivity contribution in [2.24, 2.45) is 0 Å². The standard InChI is InChI=1S/C20H30N6O2/c1-3-22-18-11-17(25-20(21)26-18)9-7-5-4-6-8-15(10-19(27)28)16-12-23-14(2)24-13-16/h11-13,15H,3-10H2,1-2H3,(H,27,28)(H3,21,22,25,26). The van der Waals surface area contributed by atoms with Crippen molar-refractivity contribution in [3.63, 3.8) is 0 Å². The summed E-state index contributed by atoms with van der Waals surface area (Å²) in [4.78, 5) is 28.0. The number of aryl methyl sites for hydroxylation is 2. The second-order valence-corrected chi connectivity index (χ2v) is 6.94. The van der Waals surface area contributed by atoms with E-state index in [4.69, 9.17) is 5.73 Å². The number of hydrogen-bond acceptors (Lipinski definition) is 7. The smallest absolute Gasteiger partial charge is 0.303 e. The minimum absolute atomic E-state index is 0.0394. The van der Waals surface area contributed by atoms with Gasteiger partial charge in [-0.2, -0.15) is 4.98 Å². The third-order valence-electron chi connectivity index (χ3n) is 4.58. The average molecular weight is 387 g/mol. The third-order valence-corrected chi connectivity index (χ3v) is 4.58. The van der Waals surface area contributed by atoms with E-state index < -0.39 is 5.97 Å². The first kappa shape index (κ1) is 21.5. The zero-order valence-corrected chi connectivity index (χ0v) is 16.7. The van der Waals surface area contributed by atoms with Gasteiger partial charge in [0.05, 0.1) is 6.42 Å². The number of nitrogens with zero attached hydrogens (tertiary/aromatic N) is 4. The predicted molar refractivity (Wildman–Crippen MR) is 109 cm³/mol. The minimum Gasteiger partial charge on any atom is -0.481 e. The monoisotopic (exact) mass is 386 g/mol. The number of carboxylic acids is 1. The summed E-state index contributed by atoms with van der Waals surface area (Å²) in [7, 11) is 0. The molecule has 0 aliphatic rings. The van der Waals surface area contributed by atoms with Crippen molar-refractivity contribution in [3.05, 3.63) is 35.5 Å². The second-order valence-electron chi connectivity index (χ2n) is 6.94. The molecule has 0 saturated carbocycles. The average Bonchev–Trinajstić information content (AvgIpc) is 2.64. The maximum atomic E-state index is 11.2. The molecule has 0 amide bonds. The molecule has 8 heteroatoms. The van der Waals surface area contributed by atoms with Gasteiger partial charge in [0.2, 0.25) is 5.95 Å². The second kappa shape index (κ2) is 11.2. The summed E-state index contributed by atoms with van der Waals surface area (Å²) >= 11 is 0. The molecule has 2 aromatic heterocycles. The molecule has 0 fully saturated rings. The first-order valence-corrected chi connectivity index (χ1v) is 9.85. The topological polar surface area (TPSA) is 127 Å². The number of aliphatic carboxylic acids is 1. The molecular formula is C20H30N6O2. The molecule has 0 aliphatic heterocycles. The number of rotatable bonds is 12. The summed E-state index contributed by atoms with van der Waals surface area (Å²) in [6.07, 6.45) is 9.38. The van der Waals surface area contributed by atoms with Crippen molar-refractivity contribution in [2.45, 2.75) is 64.7 Å². The minimum atomic E-state index is -0.789. The molecule has 0 radical (unpaired) electrons. The van der Waals surface area contributed by atoms with Gasteiger partial charge in [-0.1, -0.05) is 19.3 Å². The van der Waals surface area contributed by atoms with Crippen molar-refractivity contribution >= 4 is 17.7 Å². The lowest BCUT2D eigenvalue weighted by atomic mass is 9.92. The first-order valence-electron chi connectivity index (χ1n) is 9.85. The van der Waals surface area contributed by atoms with Crippen molar-refractivity contribution in [3.8, 4) is 0 Å². The van der Waals surface area contributed by atoms with Gasteiger partial charge in [-0.15, -0.1) is 0 Å². The van der Waals surface area contributed by atoms with Gasteiger partial charge in [-0.25, -0.2) is 15.0 Å². The van der Waals surface area contributed by atoms with E-state index in [0.717, 1.165) is 62.1 Å². The molecule has 2 heterocycles. The van der Waals surface area contributed by atoms with Crippen LogP contribution in [0, 0.1) is 6.92 Å². The summed E-state index contributed by atoms with van der Waals surface area (Å²) in [5, 5.41) is 12.3. The lowest BCUT2D eigenvalue weighted by Crippen LogP contribution is -2.08. The Hall–Kier alpha value is -2.77. The molecule has 8 nitrogen and oxygen atoms in total. The van der Waals surface area contributed by atoms with Crippen LogP contribution in [-0.4, -0.2) is 37.6 Å². The summed E-state index contributed by atoms with van der Waals surface area (Å²) in [5.41, 5.74) is 7.61. The van der Waals surface area contributed by atoms with Gasteiger partial charge >= 0.3 is 5.97 Å². The highest BCUT2D eigenvalue weighted by atomic mass is 16.4. The number of hydrogen-bond donors (Lipinski definition) is 3. The SMILES string of the molecule is CCNc1cc(CCCCCCC(CC(=O)O)c2cnc(C)nc2)nc(N)n1. The Morgan fingerprint density at radius 1 is 1.18 bits per heavy atom. The van der Waals surface area contributed by atoms with E-state index >= 15 is 0 Å². The van der Waals surface area contributed by atoms with Crippen LogP contribution in [0.4, 0.5) is 11.8 Å². The Balaban J connectivity index is 1.76. The van der Waals surface area contributed by atoms with Crippen LogP contribution >= 0.6 is 0 Å². The van der Waals surface area contributed by atoms with E-state index in [9.17, 15) is 9.90 Å². The van der Waals surface area contributed by atoms with Gasteiger partial charge in [0.1, 0.15) is 11.6 Å². The van der Waals surface area contributed by atoms with Gasteiger partial charge in [-0.3, -0.25) is 4.79 Å². The van der Waals surface area contributed by atoms with Crippen LogP contribution in [0.15, 0.2) is 18.5 Å². The van der Waals surface area contributed by atoms with E-state index in [1.807, 2.05) is 19.9 Å². The molecule has 1 atom stereocenters. The molecule has 0 aliphatic carbocycles. The predicted octanol–water partition coefficient (Wildman–Crippen LogP) is 3.34. The normalized spacial score (nSPS) is 11.9. The van der Waals surface area contributed by atoms with Crippen LogP contribution in [0.1, 0.15) is 68.4 Å². The number of aromatic nitrogens is 4. The number of nitrogens with two attached hydrogens (primary N) is 1. The molecular weight excluding hydrogens is 356 g/mol. The summed E-state index contributed by atoms with van der Waals surface area (Å²) in [6, 6.07) is 1.94. The van der Waals surface area contributed by atoms with Gasteiger partial charge in [0.25, 0.3) is 0 Å². The fourth-order valence-electron chi connectivity index (χ4n) is 3.18. The van der Waals surface area contributed by atoms with E-state index in [-0.39, 0.29) is 12.3 Å². The number of carbonyl (C=O) groups is 1. The molecule has 0 aromatic carbocycles. The maximum Gasteiger partial charge on any atom is 0.303 e. The van der Waals surface area contributed by atoms with Crippen molar-refractivity contribution in [1.82, 2.24) is 19.9 Å². The van der Waals surface area contributed by atoms with Crippen molar-refractivity contribution in [2.75, 3.05) is 17.6 Å². The molecule has 1 unspecified atom stereocenters. The largest absolute Gasteiger partial charge is 0.481 e. The molecule has 2 rings (SSSR count). The molecule has 28 heavy (non-hydrogen) atoms. The molecule has 0 saturated heterocycles. The highest BCUT2D eigenvalue weighted by Gasteiger charge is 2.16. The van der Waals surface area contributed by atoms with Gasteiger partial charge in [0.15, 0.2) is 0 Å². The van der Waals surface area contributed by atoms with E-state index in [1.54, 1.807) is 12.4 Å². The number of anilines is 2. The molecule has 0 bridgehead atoms. The zero-order valence-electron chi connectivity index (χ0n) is 16.7. The highest BCUT2D eigenvalue weighted by Crippen LogP contribution is 2.25. The number of nitrogens with one attached hydrogen (secondary N) is 1. The van der Waals surface area contributed by atoms with Gasteiger partial charge < -0.3 is 16.2 Å². The van der Waals surface area contributed by atoms with Crippen LogP contribution < -0.4 is 11.1 Å². The van der Waals surface area contributed by atoms with Crippen LogP contribution in [-0.2, 0) is 11.2 Å². The van der Waals surface area contributed by atoms with Gasteiger partial charge in [-0.05, 0) is 44.6 Å². The Morgan fingerprint density at radius 2 is 1.89 bits per heavy atom. The number of nitrogen functional groups attached to an aromatic ring is 1. The number of unbranched alkanes of at least 4 members (excludes halogenated alkanes) is 3. The molecule has 4 N–H and O–H groups in total. The van der Waals surface area contributed by atoms with Crippen molar-refractivity contribution < 1.29 is 9.90 Å². The Morgan fingerprint density at radius 3 is 2.57 bits per heavy atom. The summed E-state index contributed by atoms with van der Waals surface area (Å²) < 4.78 is 0. The first-order chi connectivity index (χ1) is 13.5. The lowest BCUT2D eigenvalue weighted by Gasteiger charge is -2.14. The summed E-state index contributed by atoms with van der Waals surface area (Å²) in [5.74, 6) is 0.929. The van der Waals surface area contributed by atoms with Crippen LogP contribution in [0.25, 0.3) is 0 Å². The van der Waals surface area contributed by atoms with Gasteiger partial charge in [0, 0.05) is 30.7 Å². The quantitative estimate of drug-likeness (QED) is 0.474. The fourth-order valence-corrected chi connectivity index (χ4v) is 3.18. The fraction of sp³-hybridized carbons (Fsp3) is 0.550. The lowest BCUT2D eigenvalue weighted by molar-refractivity contribution is -0.137. The molecule has 152 valence electrons. The molecule has 2 aromatic rings. The van der Waals surface area contributed by atoms with Crippen LogP contribution in [0.5, 0.6) is 0 Å². The summed E-state index contributed by atoms with van der Waals surface area (Å²) in [6.45, 7) is 4.63. The Labute approximate surface area is 166 Å². The highest BCUT2D eigenvalue weighted by molar-refractivity contribution is 5.68. The maximum absolute atomic E-state index is 11.2.